The van der Waals surface area contributed by atoms with E-state index in [0.717, 1.165) is 29.9 Å². The number of primary amides is 1. The topological polar surface area (TPSA) is 352 Å². The van der Waals surface area contributed by atoms with E-state index in [1.165, 1.54) is 16.7 Å². The number of unbranched alkanes of at least 4 members (excludes halogenated alkanes) is 2. The molecule has 2 aliphatic rings. The first kappa shape index (κ1) is 77.3. The van der Waals surface area contributed by atoms with E-state index in [-0.39, 0.29) is 129 Å². The van der Waals surface area contributed by atoms with Crippen molar-refractivity contribution in [3.8, 4) is 0 Å². The van der Waals surface area contributed by atoms with Gasteiger partial charge in [-0.1, -0.05) is 85.6 Å². The fraction of sp³-hybridized carbons (Fsp3) is 0.618. The van der Waals surface area contributed by atoms with Gasteiger partial charge in [-0.15, -0.1) is 11.3 Å². The van der Waals surface area contributed by atoms with Crippen LogP contribution < -0.4 is 38.1 Å². The maximum atomic E-state index is 14.8. The molecule has 0 radical (unpaired) electrons. The van der Waals surface area contributed by atoms with Crippen LogP contribution in [0.3, 0.4) is 0 Å². The smallest absolute Gasteiger partial charge is 0.408 e. The molecule has 10 atom stereocenters. The van der Waals surface area contributed by atoms with Gasteiger partial charge in [-0.05, 0) is 138 Å². The molecule has 2 fully saturated rings. The zero-order valence-corrected chi connectivity index (χ0v) is 58.2. The van der Waals surface area contributed by atoms with Crippen LogP contribution in [0, 0.1) is 35.5 Å². The van der Waals surface area contributed by atoms with E-state index in [9.17, 15) is 57.8 Å². The van der Waals surface area contributed by atoms with Gasteiger partial charge < -0.3 is 52.8 Å². The van der Waals surface area contributed by atoms with E-state index in [2.05, 4.69) is 31.5 Å². The van der Waals surface area contributed by atoms with Crippen LogP contribution in [0.15, 0.2) is 53.9 Å². The fourth-order valence-electron chi connectivity index (χ4n) is 12.1. The summed E-state index contributed by atoms with van der Waals surface area (Å²) in [5.74, 6) is -6.21. The van der Waals surface area contributed by atoms with Gasteiger partial charge in [-0.3, -0.25) is 53.0 Å². The lowest BCUT2D eigenvalue weighted by Gasteiger charge is -2.38. The summed E-state index contributed by atoms with van der Waals surface area (Å²) in [4.78, 5) is 156. The number of imide groups is 1. The monoisotopic (exact) mass is 1340 g/mol. The van der Waals surface area contributed by atoms with Crippen molar-refractivity contribution < 1.29 is 62.6 Å². The summed E-state index contributed by atoms with van der Waals surface area (Å²) in [7, 11) is 3.65. The van der Waals surface area contributed by atoms with Crippen molar-refractivity contribution in [1.29, 1.82) is 0 Å². The molecule has 0 aliphatic carbocycles. The Bertz CT molecular complexity index is 3090. The number of benzene rings is 2. The number of aromatic nitrogens is 1. The van der Waals surface area contributed by atoms with E-state index in [1.54, 1.807) is 80.8 Å². The second-order valence-corrected chi connectivity index (χ2v) is 28.2. The molecule has 518 valence electrons. The number of likely N-dealkylation sites (N-methyl/N-ethyl adjacent to an activating group) is 1. The van der Waals surface area contributed by atoms with E-state index >= 15 is 0 Å². The molecule has 5 rings (SSSR count). The number of nitrogens with one attached hydrogen (secondary N) is 5. The van der Waals surface area contributed by atoms with Crippen molar-refractivity contribution in [1.82, 2.24) is 41.0 Å². The van der Waals surface area contributed by atoms with Gasteiger partial charge in [-0.2, -0.15) is 11.8 Å². The predicted molar refractivity (Wildman–Crippen MR) is 363 cm³/mol. The van der Waals surface area contributed by atoms with Crippen molar-refractivity contribution in [2.75, 3.05) is 51.0 Å². The number of amides is 9. The number of anilines is 2. The Balaban J connectivity index is 1.30. The normalized spacial score (nSPS) is 18.3. The first-order valence-electron chi connectivity index (χ1n) is 32.9. The summed E-state index contributed by atoms with van der Waals surface area (Å²) >= 11 is 2.48. The van der Waals surface area contributed by atoms with Crippen LogP contribution in [0.1, 0.15) is 178 Å². The van der Waals surface area contributed by atoms with Gasteiger partial charge in [0, 0.05) is 86.5 Å². The van der Waals surface area contributed by atoms with Crippen LogP contribution in [0.4, 0.5) is 21.0 Å². The number of thiazole rings is 1. The summed E-state index contributed by atoms with van der Waals surface area (Å²) in [5.41, 5.74) is 12.9. The van der Waals surface area contributed by atoms with E-state index in [0.29, 0.717) is 66.9 Å². The minimum Gasteiger partial charge on any atom is -0.481 e. The van der Waals surface area contributed by atoms with E-state index in [4.69, 9.17) is 21.2 Å². The quantitative estimate of drug-likeness (QED) is 0.0151. The van der Waals surface area contributed by atoms with Crippen LogP contribution in [0.25, 0.3) is 0 Å². The van der Waals surface area contributed by atoms with Crippen molar-refractivity contribution in [2.45, 2.75) is 193 Å². The standard InChI is InChI=1S/C68H101N11O13S2/c1-12-42(6)50(35-56(81)68(8)28-17-30-77(68)9)63(86)78(10)53(40(2)3)36-51(62-74-52(39-94-62)61(85)73-49(32-43(7)65(88)89)33-44-20-24-47(69)25-21-44)75-67(91)92-38-45-22-26-48(27-23-45)72-60(84)46(18-16-29-71-66(70)90)34-54(80)59(41(4)5)76-57(82)19-14-13-15-31-79-58(83)37-55(93-11)64(79)87/h20-27,39-43,46,49-51,53,55,59H,12-19,28-38,69H2,1-11H3,(H,72,84)(H,73,85)(H,75,91)(H,76,82)(H,88,89)(H3,70,71,90)/t42-,43-,46+,49+,50-,51+,53+,55?,59-,68+/m0/s1. The minimum absolute atomic E-state index is 0.0186. The van der Waals surface area contributed by atoms with Gasteiger partial charge in [0.1, 0.15) is 17.3 Å². The zero-order chi connectivity index (χ0) is 69.6. The Morgan fingerprint density at radius 2 is 1.56 bits per heavy atom. The Kier molecular flexibility index (Phi) is 30.4. The second kappa shape index (κ2) is 37.0. The first-order chi connectivity index (χ1) is 44.5. The molecule has 1 aromatic heterocycles. The van der Waals surface area contributed by atoms with Gasteiger partial charge in [0.2, 0.25) is 29.5 Å². The lowest BCUT2D eigenvalue weighted by molar-refractivity contribution is -0.143. The van der Waals surface area contributed by atoms with Crippen molar-refractivity contribution in [2.24, 2.45) is 41.2 Å². The molecular formula is C68H101N11O13S2. The number of carboxylic acids is 1. The number of carbonyl (C=O) groups excluding carboxylic acids is 10. The molecule has 0 saturated carbocycles. The van der Waals surface area contributed by atoms with E-state index in [1.807, 2.05) is 53.8 Å². The number of urea groups is 1. The third-order valence-corrected chi connectivity index (χ3v) is 20.4. The number of hydrogen-bond donors (Lipinski definition) is 8. The van der Waals surface area contributed by atoms with Crippen LogP contribution in [-0.4, -0.2) is 159 Å². The second-order valence-electron chi connectivity index (χ2n) is 26.2. The molecule has 3 heterocycles. The molecular weight excluding hydrogens is 1240 g/mol. The third kappa shape index (κ3) is 22.9. The minimum atomic E-state index is -1.02. The van der Waals surface area contributed by atoms with Gasteiger partial charge >= 0.3 is 18.1 Å². The van der Waals surface area contributed by atoms with Crippen molar-refractivity contribution in [3.63, 3.8) is 0 Å². The number of carboxylic acid groups (broad SMARTS) is 1. The number of nitrogens with two attached hydrogens (primary N) is 2. The number of Topliss-reactive ketones (excluding diaryl/α,β-unsaturated/α-hetero) is 2. The number of rotatable bonds is 39. The van der Waals surface area contributed by atoms with Crippen molar-refractivity contribution >= 4 is 99.6 Å². The number of thioether (sulfide) groups is 1. The maximum Gasteiger partial charge on any atom is 0.408 e. The average molecular weight is 1340 g/mol. The Morgan fingerprint density at radius 1 is 0.883 bits per heavy atom. The lowest BCUT2D eigenvalue weighted by atomic mass is 9.80. The number of ketones is 2. The predicted octanol–water partition coefficient (Wildman–Crippen LogP) is 8.28. The molecule has 0 spiro atoms. The number of nitrogens with zero attached hydrogens (tertiary/aromatic N) is 4. The molecule has 9 amide bonds. The molecule has 2 aromatic carbocycles. The SMILES string of the molecule is CC[C@H](C)[C@H](CC(=O)[C@@]1(C)CCCN1C)C(=O)N(C)[C@H](C[C@@H](NC(=O)OCc1ccc(NC(=O)[C@H](CCCNC(N)=O)CC(=O)[C@@H](NC(=O)CCCCCN2C(=O)CC(SC)C2=O)C(C)C)cc1)c1nc(C(=O)N[C@@H](Cc2ccc(N)cc2)C[C@H](C)C(=O)O)cs1)C(C)C. The largest absolute Gasteiger partial charge is 0.481 e. The zero-order valence-electron chi connectivity index (χ0n) is 56.6. The van der Waals surface area contributed by atoms with Gasteiger partial charge in [0.25, 0.3) is 5.91 Å². The Labute approximate surface area is 561 Å². The first-order valence-corrected chi connectivity index (χ1v) is 35.0. The number of aliphatic carboxylic acids is 1. The maximum absolute atomic E-state index is 14.8. The molecule has 94 heavy (non-hydrogen) atoms. The number of alkyl carbamates (subject to hydrolysis) is 1. The summed E-state index contributed by atoms with van der Waals surface area (Å²) in [6, 6.07) is 9.93. The summed E-state index contributed by atoms with van der Waals surface area (Å²) in [5, 5.41) is 25.5. The number of likely N-dealkylation sites (tertiary alicyclic amines) is 2. The Morgan fingerprint density at radius 3 is 2.16 bits per heavy atom. The number of nitrogen functional groups attached to an aromatic ring is 1. The number of hydrogen-bond acceptors (Lipinski definition) is 17. The van der Waals surface area contributed by atoms with Crippen LogP contribution in [0.2, 0.25) is 0 Å². The van der Waals surface area contributed by atoms with Gasteiger partial charge in [0.05, 0.1) is 28.8 Å². The molecule has 10 N–H and O–H groups in total. The highest BCUT2D eigenvalue weighted by Crippen LogP contribution is 2.35. The molecule has 0 bridgehead atoms. The molecule has 24 nitrogen and oxygen atoms in total. The molecule has 2 aliphatic heterocycles. The number of carbonyl (C=O) groups is 11. The van der Waals surface area contributed by atoms with Crippen LogP contribution >= 0.6 is 23.1 Å². The van der Waals surface area contributed by atoms with Crippen LogP contribution in [-0.2, 0) is 56.1 Å². The molecule has 3 aromatic rings. The van der Waals surface area contributed by atoms with Crippen molar-refractivity contribution in [3.05, 3.63) is 75.7 Å². The van der Waals surface area contributed by atoms with Gasteiger partial charge in [0.15, 0.2) is 11.6 Å². The highest BCUT2D eigenvalue weighted by atomic mass is 32.2. The van der Waals surface area contributed by atoms with Crippen LogP contribution in [0.5, 0.6) is 0 Å². The highest BCUT2D eigenvalue weighted by molar-refractivity contribution is 8.00. The summed E-state index contributed by atoms with van der Waals surface area (Å²) in [6.07, 6.45) is 6.03. The third-order valence-electron chi connectivity index (χ3n) is 18.5. The molecule has 26 heteroatoms. The molecule has 2 saturated heterocycles. The average Bonchev–Trinajstić information content (AvgIpc) is 1.53. The Hall–Kier alpha value is -7.45. The van der Waals surface area contributed by atoms with Gasteiger partial charge in [-0.25, -0.2) is 14.6 Å². The van der Waals surface area contributed by atoms with E-state index < -0.39 is 77.4 Å². The number of ether oxygens (including phenoxy) is 1. The fourth-order valence-corrected chi connectivity index (χ4v) is 13.6. The highest BCUT2D eigenvalue weighted by Gasteiger charge is 2.44. The lowest BCUT2D eigenvalue weighted by Crippen LogP contribution is -2.50. The summed E-state index contributed by atoms with van der Waals surface area (Å²) in [6.45, 7) is 16.0. The summed E-state index contributed by atoms with van der Waals surface area (Å²) < 4.78 is 5.81. The molecule has 1 unspecified atom stereocenters.